The number of amides is 1. The number of nitrogens with one attached hydrogen (secondary N) is 2. The number of benzene rings is 1. The Kier molecular flexibility index (Phi) is 2.82. The van der Waals surface area contributed by atoms with E-state index in [1.54, 1.807) is 6.20 Å². The van der Waals surface area contributed by atoms with E-state index in [2.05, 4.69) is 15.5 Å². The molecule has 0 bridgehead atoms. The maximum atomic E-state index is 11.8. The third-order valence-electron chi connectivity index (χ3n) is 2.96. The summed E-state index contributed by atoms with van der Waals surface area (Å²) >= 11 is 0. The molecule has 1 aromatic heterocycles. The first-order valence-electron chi connectivity index (χ1n) is 5.86. The number of hydrogen-bond acceptors (Lipinski definition) is 3. The van der Waals surface area contributed by atoms with Crippen molar-refractivity contribution in [1.29, 1.82) is 0 Å². The Balaban J connectivity index is 1.81. The fraction of sp³-hybridized carbons (Fsp3) is 0.231. The second kappa shape index (κ2) is 4.62. The SMILES string of the molecule is O=C(Nc1[nH]ncc1-c1ccccc1)C1CCO1. The molecule has 0 saturated carbocycles. The average molecular weight is 243 g/mol. The number of aromatic amines is 1. The topological polar surface area (TPSA) is 67.0 Å². The van der Waals surface area contributed by atoms with Crippen LogP contribution in [0.15, 0.2) is 36.5 Å². The van der Waals surface area contributed by atoms with Crippen LogP contribution in [0.1, 0.15) is 6.42 Å². The van der Waals surface area contributed by atoms with E-state index in [4.69, 9.17) is 4.74 Å². The molecule has 1 aromatic carbocycles. The van der Waals surface area contributed by atoms with E-state index in [1.807, 2.05) is 30.3 Å². The van der Waals surface area contributed by atoms with Gasteiger partial charge in [0.15, 0.2) is 0 Å². The Morgan fingerprint density at radius 2 is 2.17 bits per heavy atom. The zero-order valence-electron chi connectivity index (χ0n) is 9.72. The summed E-state index contributed by atoms with van der Waals surface area (Å²) in [7, 11) is 0. The molecule has 1 amide bonds. The third kappa shape index (κ3) is 2.00. The predicted molar refractivity (Wildman–Crippen MR) is 67.0 cm³/mol. The molecule has 0 radical (unpaired) electrons. The van der Waals surface area contributed by atoms with Gasteiger partial charge in [-0.2, -0.15) is 5.10 Å². The van der Waals surface area contributed by atoms with Gasteiger partial charge in [0.25, 0.3) is 5.91 Å². The summed E-state index contributed by atoms with van der Waals surface area (Å²) in [5.74, 6) is 0.490. The summed E-state index contributed by atoms with van der Waals surface area (Å²) in [5, 5.41) is 9.58. The van der Waals surface area contributed by atoms with E-state index < -0.39 is 0 Å². The van der Waals surface area contributed by atoms with Crippen molar-refractivity contribution in [3.63, 3.8) is 0 Å². The molecule has 3 rings (SSSR count). The highest BCUT2D eigenvalue weighted by Gasteiger charge is 2.27. The molecule has 1 atom stereocenters. The molecule has 1 fully saturated rings. The largest absolute Gasteiger partial charge is 0.368 e. The molecule has 0 spiro atoms. The van der Waals surface area contributed by atoms with Crippen molar-refractivity contribution in [3.8, 4) is 11.1 Å². The molecule has 5 nitrogen and oxygen atoms in total. The number of hydrogen-bond donors (Lipinski definition) is 2. The second-order valence-electron chi connectivity index (χ2n) is 4.16. The standard InChI is InChI=1S/C13H13N3O2/c17-13(11-6-7-18-11)15-12-10(8-14-16-12)9-4-2-1-3-5-9/h1-5,8,11H,6-7H2,(H2,14,15,16,17). The Hall–Kier alpha value is -2.14. The van der Waals surface area contributed by atoms with Crippen LogP contribution in [0.3, 0.4) is 0 Å². The van der Waals surface area contributed by atoms with Crippen molar-refractivity contribution in [2.45, 2.75) is 12.5 Å². The predicted octanol–water partition coefficient (Wildman–Crippen LogP) is 1.80. The van der Waals surface area contributed by atoms with E-state index in [9.17, 15) is 4.79 Å². The summed E-state index contributed by atoms with van der Waals surface area (Å²) in [4.78, 5) is 11.8. The van der Waals surface area contributed by atoms with E-state index in [1.165, 1.54) is 0 Å². The fourth-order valence-electron chi connectivity index (χ4n) is 1.86. The molecule has 1 unspecified atom stereocenters. The van der Waals surface area contributed by atoms with E-state index in [0.717, 1.165) is 17.5 Å². The number of carbonyl (C=O) groups excluding carboxylic acids is 1. The average Bonchev–Trinajstić information content (AvgIpc) is 2.76. The van der Waals surface area contributed by atoms with Crippen LogP contribution >= 0.6 is 0 Å². The molecule has 1 aliphatic heterocycles. The molecular weight excluding hydrogens is 230 g/mol. The van der Waals surface area contributed by atoms with E-state index in [0.29, 0.717) is 12.4 Å². The Morgan fingerprint density at radius 1 is 1.39 bits per heavy atom. The van der Waals surface area contributed by atoms with Crippen LogP contribution in [-0.4, -0.2) is 28.8 Å². The van der Waals surface area contributed by atoms with Crippen molar-refractivity contribution >= 4 is 11.7 Å². The van der Waals surface area contributed by atoms with Crippen molar-refractivity contribution in [2.24, 2.45) is 0 Å². The summed E-state index contributed by atoms with van der Waals surface area (Å²) in [6.07, 6.45) is 2.16. The van der Waals surface area contributed by atoms with Gasteiger partial charge in [0.1, 0.15) is 11.9 Å². The lowest BCUT2D eigenvalue weighted by Crippen LogP contribution is -2.39. The number of anilines is 1. The molecule has 5 heteroatoms. The number of ether oxygens (including phenoxy) is 1. The van der Waals surface area contributed by atoms with Crippen molar-refractivity contribution in [2.75, 3.05) is 11.9 Å². The van der Waals surface area contributed by atoms with Gasteiger partial charge in [-0.25, -0.2) is 0 Å². The van der Waals surface area contributed by atoms with Gasteiger partial charge in [0.2, 0.25) is 0 Å². The number of nitrogens with zero attached hydrogens (tertiary/aromatic N) is 1. The number of aromatic nitrogens is 2. The second-order valence-corrected chi connectivity index (χ2v) is 4.16. The highest BCUT2D eigenvalue weighted by atomic mass is 16.5. The molecule has 0 aliphatic carbocycles. The highest BCUT2D eigenvalue weighted by molar-refractivity contribution is 5.97. The van der Waals surface area contributed by atoms with Crippen molar-refractivity contribution in [3.05, 3.63) is 36.5 Å². The lowest BCUT2D eigenvalue weighted by molar-refractivity contribution is -0.139. The minimum Gasteiger partial charge on any atom is -0.368 e. The number of H-pyrrole nitrogens is 1. The number of carbonyl (C=O) groups is 1. The monoisotopic (exact) mass is 243 g/mol. The Morgan fingerprint density at radius 3 is 2.83 bits per heavy atom. The number of rotatable bonds is 3. The van der Waals surface area contributed by atoms with Gasteiger partial charge >= 0.3 is 0 Å². The summed E-state index contributed by atoms with van der Waals surface area (Å²) < 4.78 is 5.14. The van der Waals surface area contributed by atoms with E-state index >= 15 is 0 Å². The van der Waals surface area contributed by atoms with Crippen molar-refractivity contribution < 1.29 is 9.53 Å². The van der Waals surface area contributed by atoms with Crippen LogP contribution in [0.25, 0.3) is 11.1 Å². The van der Waals surface area contributed by atoms with Gasteiger partial charge in [0.05, 0.1) is 12.8 Å². The maximum absolute atomic E-state index is 11.8. The lowest BCUT2D eigenvalue weighted by Gasteiger charge is -2.24. The molecule has 1 aliphatic rings. The van der Waals surface area contributed by atoms with Gasteiger partial charge < -0.3 is 10.1 Å². The zero-order valence-corrected chi connectivity index (χ0v) is 9.72. The van der Waals surface area contributed by atoms with Crippen molar-refractivity contribution in [1.82, 2.24) is 10.2 Å². The highest BCUT2D eigenvalue weighted by Crippen LogP contribution is 2.26. The molecule has 92 valence electrons. The molecule has 2 N–H and O–H groups in total. The lowest BCUT2D eigenvalue weighted by atomic mass is 10.1. The first-order chi connectivity index (χ1) is 8.84. The minimum atomic E-state index is -0.322. The smallest absolute Gasteiger partial charge is 0.254 e. The molecular formula is C13H13N3O2. The fourth-order valence-corrected chi connectivity index (χ4v) is 1.86. The van der Waals surface area contributed by atoms with Crippen LogP contribution in [0, 0.1) is 0 Å². The first-order valence-corrected chi connectivity index (χ1v) is 5.86. The summed E-state index contributed by atoms with van der Waals surface area (Å²) in [6, 6.07) is 9.79. The molecule has 1 saturated heterocycles. The van der Waals surface area contributed by atoms with Gasteiger partial charge in [-0.1, -0.05) is 30.3 Å². The van der Waals surface area contributed by atoms with E-state index in [-0.39, 0.29) is 12.0 Å². The van der Waals surface area contributed by atoms with Crippen LogP contribution in [0.4, 0.5) is 5.82 Å². The minimum absolute atomic E-state index is 0.123. The molecule has 2 heterocycles. The van der Waals surface area contributed by atoms with Gasteiger partial charge in [-0.3, -0.25) is 9.89 Å². The van der Waals surface area contributed by atoms with Gasteiger partial charge in [-0.15, -0.1) is 0 Å². The zero-order chi connectivity index (χ0) is 12.4. The maximum Gasteiger partial charge on any atom is 0.254 e. The summed E-state index contributed by atoms with van der Waals surface area (Å²) in [6.45, 7) is 0.659. The Bertz CT molecular complexity index is 546. The summed E-state index contributed by atoms with van der Waals surface area (Å²) in [5.41, 5.74) is 1.89. The van der Waals surface area contributed by atoms with Gasteiger partial charge in [0, 0.05) is 12.0 Å². The van der Waals surface area contributed by atoms with Crippen LogP contribution in [0.5, 0.6) is 0 Å². The molecule has 18 heavy (non-hydrogen) atoms. The first kappa shape index (κ1) is 11.0. The Labute approximate surface area is 104 Å². The van der Waals surface area contributed by atoms with Crippen LogP contribution in [-0.2, 0) is 9.53 Å². The van der Waals surface area contributed by atoms with Crippen LogP contribution in [0.2, 0.25) is 0 Å². The normalized spacial score (nSPS) is 18.1. The quantitative estimate of drug-likeness (QED) is 0.863. The third-order valence-corrected chi connectivity index (χ3v) is 2.96. The van der Waals surface area contributed by atoms with Gasteiger partial charge in [-0.05, 0) is 5.56 Å². The molecule has 2 aromatic rings. The van der Waals surface area contributed by atoms with Crippen LogP contribution < -0.4 is 5.32 Å².